The lowest BCUT2D eigenvalue weighted by Crippen LogP contribution is -2.20. The molecule has 0 spiro atoms. The second-order valence-corrected chi connectivity index (χ2v) is 6.77. The zero-order valence-corrected chi connectivity index (χ0v) is 15.5. The van der Waals surface area contributed by atoms with Gasteiger partial charge in [0, 0.05) is 6.07 Å². The smallest absolute Gasteiger partial charge is 0.279 e. The summed E-state index contributed by atoms with van der Waals surface area (Å²) in [6.07, 6.45) is 1.69. The first-order valence-electron chi connectivity index (χ1n) is 8.76. The Labute approximate surface area is 153 Å². The summed E-state index contributed by atoms with van der Waals surface area (Å²) < 4.78 is 3.56. The van der Waals surface area contributed by atoms with Crippen LogP contribution >= 0.6 is 0 Å². The Balaban J connectivity index is 1.77. The Kier molecular flexibility index (Phi) is 5.16. The minimum Gasteiger partial charge on any atom is -0.305 e. The second-order valence-electron chi connectivity index (χ2n) is 6.77. The zero-order valence-electron chi connectivity index (χ0n) is 15.5. The van der Waals surface area contributed by atoms with Gasteiger partial charge < -0.3 is 5.32 Å². The normalized spacial score (nSPS) is 12.3. The van der Waals surface area contributed by atoms with Gasteiger partial charge in [0.25, 0.3) is 5.91 Å². The third kappa shape index (κ3) is 3.66. The van der Waals surface area contributed by atoms with Crippen LogP contribution in [-0.4, -0.2) is 30.7 Å². The zero-order chi connectivity index (χ0) is 18.7. The molecule has 0 aliphatic carbocycles. The van der Waals surface area contributed by atoms with Crippen molar-refractivity contribution in [2.45, 2.75) is 40.3 Å². The first kappa shape index (κ1) is 17.8. The molecule has 3 aromatic rings. The van der Waals surface area contributed by atoms with E-state index in [0.717, 1.165) is 11.3 Å². The molecule has 2 aromatic heterocycles. The number of nitrogens with one attached hydrogen (secondary N) is 1. The predicted octanol–water partition coefficient (Wildman–Crippen LogP) is 3.30. The Hall–Kier alpha value is -2.96. The van der Waals surface area contributed by atoms with Gasteiger partial charge in [0.05, 0.1) is 24.5 Å². The molecule has 1 aromatic carbocycles. The number of nitrogens with zero attached hydrogens (tertiary/aromatic N) is 5. The molecular weight excluding hydrogens is 328 g/mol. The van der Waals surface area contributed by atoms with Gasteiger partial charge >= 0.3 is 0 Å². The van der Waals surface area contributed by atoms with Crippen molar-refractivity contribution in [1.82, 2.24) is 24.8 Å². The number of rotatable bonds is 6. The lowest BCUT2D eigenvalue weighted by Gasteiger charge is -2.19. The van der Waals surface area contributed by atoms with E-state index < -0.39 is 0 Å². The molecule has 0 saturated heterocycles. The molecule has 0 aliphatic rings. The lowest BCUT2D eigenvalue weighted by atomic mass is 10.1. The van der Waals surface area contributed by atoms with Crippen LogP contribution in [0, 0.1) is 12.8 Å². The fourth-order valence-corrected chi connectivity index (χ4v) is 2.67. The van der Waals surface area contributed by atoms with Crippen LogP contribution in [0.3, 0.4) is 0 Å². The van der Waals surface area contributed by atoms with E-state index in [9.17, 15) is 4.79 Å². The summed E-state index contributed by atoms with van der Waals surface area (Å²) in [5, 5.41) is 15.4. The number of benzene rings is 1. The third-order valence-electron chi connectivity index (χ3n) is 4.64. The Morgan fingerprint density at radius 1 is 1.15 bits per heavy atom. The van der Waals surface area contributed by atoms with Crippen molar-refractivity contribution in [3.63, 3.8) is 0 Å². The number of carbonyl (C=O) groups is 1. The van der Waals surface area contributed by atoms with Crippen LogP contribution in [0.1, 0.15) is 48.6 Å². The van der Waals surface area contributed by atoms with Gasteiger partial charge in [-0.3, -0.25) is 4.79 Å². The first-order valence-corrected chi connectivity index (χ1v) is 8.76. The number of hydrogen-bond acceptors (Lipinski definition) is 4. The van der Waals surface area contributed by atoms with Gasteiger partial charge in [-0.1, -0.05) is 49.4 Å². The summed E-state index contributed by atoms with van der Waals surface area (Å²) >= 11 is 0. The molecular formula is C19H24N6O. The molecule has 1 atom stereocenters. The number of amides is 1. The Morgan fingerprint density at radius 2 is 1.88 bits per heavy atom. The lowest BCUT2D eigenvalue weighted by molar-refractivity contribution is 0.102. The molecule has 0 saturated carbocycles. The SMILES string of the molecule is Cc1c(C(=O)Nc2ccnn2[C@H](C)C(C)C)nnn1Cc1ccccc1. The number of carbonyl (C=O) groups excluding carboxylic acids is 1. The fraction of sp³-hybridized carbons (Fsp3) is 0.368. The largest absolute Gasteiger partial charge is 0.305 e. The van der Waals surface area contributed by atoms with E-state index in [4.69, 9.17) is 0 Å². The van der Waals surface area contributed by atoms with E-state index in [0.29, 0.717) is 24.0 Å². The summed E-state index contributed by atoms with van der Waals surface area (Å²) in [4.78, 5) is 12.7. The monoisotopic (exact) mass is 352 g/mol. The van der Waals surface area contributed by atoms with Crippen LogP contribution in [0.2, 0.25) is 0 Å². The molecule has 1 amide bonds. The summed E-state index contributed by atoms with van der Waals surface area (Å²) in [6, 6.07) is 11.9. The van der Waals surface area contributed by atoms with Crippen molar-refractivity contribution >= 4 is 11.7 Å². The van der Waals surface area contributed by atoms with Gasteiger partial charge in [0.15, 0.2) is 5.69 Å². The average Bonchev–Trinajstić information content (AvgIpc) is 3.22. The molecule has 136 valence electrons. The summed E-state index contributed by atoms with van der Waals surface area (Å²) in [7, 11) is 0. The van der Waals surface area contributed by atoms with Gasteiger partial charge in [-0.15, -0.1) is 5.10 Å². The topological polar surface area (TPSA) is 77.6 Å². The predicted molar refractivity (Wildman–Crippen MR) is 100 cm³/mol. The van der Waals surface area contributed by atoms with E-state index in [-0.39, 0.29) is 11.9 Å². The fourth-order valence-electron chi connectivity index (χ4n) is 2.67. The van der Waals surface area contributed by atoms with Crippen molar-refractivity contribution < 1.29 is 4.79 Å². The third-order valence-corrected chi connectivity index (χ3v) is 4.64. The van der Waals surface area contributed by atoms with Gasteiger partial charge in [0.1, 0.15) is 5.82 Å². The molecule has 26 heavy (non-hydrogen) atoms. The standard InChI is InChI=1S/C19H24N6O/c1-13(2)14(3)25-17(10-11-20-25)21-19(26)18-15(4)24(23-22-18)12-16-8-6-5-7-9-16/h5-11,13-14H,12H2,1-4H3,(H,21,26)/t14-/m1/s1. The maximum atomic E-state index is 12.7. The molecule has 7 nitrogen and oxygen atoms in total. The molecule has 0 unspecified atom stereocenters. The summed E-state index contributed by atoms with van der Waals surface area (Å²) in [5.74, 6) is 0.784. The first-order chi connectivity index (χ1) is 12.5. The van der Waals surface area contributed by atoms with E-state index in [1.54, 1.807) is 16.9 Å². The maximum Gasteiger partial charge on any atom is 0.279 e. The highest BCUT2D eigenvalue weighted by atomic mass is 16.2. The van der Waals surface area contributed by atoms with Crippen molar-refractivity contribution in [2.75, 3.05) is 5.32 Å². The number of hydrogen-bond donors (Lipinski definition) is 1. The summed E-state index contributed by atoms with van der Waals surface area (Å²) in [5.41, 5.74) is 2.16. The molecule has 0 bridgehead atoms. The second kappa shape index (κ2) is 7.51. The van der Waals surface area contributed by atoms with Gasteiger partial charge in [-0.2, -0.15) is 5.10 Å². The number of anilines is 1. The summed E-state index contributed by atoms with van der Waals surface area (Å²) in [6.45, 7) is 8.75. The molecule has 1 N–H and O–H groups in total. The highest BCUT2D eigenvalue weighted by Crippen LogP contribution is 2.21. The average molecular weight is 352 g/mol. The van der Waals surface area contributed by atoms with Gasteiger partial charge in [-0.05, 0) is 25.3 Å². The maximum absolute atomic E-state index is 12.7. The minimum absolute atomic E-state index is 0.176. The molecule has 0 fully saturated rings. The van der Waals surface area contributed by atoms with Crippen molar-refractivity contribution in [3.05, 3.63) is 59.5 Å². The molecule has 7 heteroatoms. The van der Waals surface area contributed by atoms with Crippen molar-refractivity contribution in [2.24, 2.45) is 5.92 Å². The van der Waals surface area contributed by atoms with Crippen LogP contribution in [-0.2, 0) is 6.54 Å². The molecule has 0 radical (unpaired) electrons. The highest BCUT2D eigenvalue weighted by Gasteiger charge is 2.20. The molecule has 3 rings (SSSR count). The van der Waals surface area contributed by atoms with E-state index in [1.165, 1.54) is 0 Å². The number of aromatic nitrogens is 5. The molecule has 2 heterocycles. The van der Waals surface area contributed by atoms with E-state index >= 15 is 0 Å². The van der Waals surface area contributed by atoms with Crippen molar-refractivity contribution in [3.8, 4) is 0 Å². The Bertz CT molecular complexity index is 881. The highest BCUT2D eigenvalue weighted by molar-refractivity contribution is 6.03. The van der Waals surface area contributed by atoms with Gasteiger partial charge in [0.2, 0.25) is 0 Å². The van der Waals surface area contributed by atoms with Gasteiger partial charge in [-0.25, -0.2) is 9.36 Å². The van der Waals surface area contributed by atoms with E-state index in [1.807, 2.05) is 41.9 Å². The van der Waals surface area contributed by atoms with Crippen LogP contribution in [0.15, 0.2) is 42.6 Å². The van der Waals surface area contributed by atoms with Crippen molar-refractivity contribution in [1.29, 1.82) is 0 Å². The van der Waals surface area contributed by atoms with E-state index in [2.05, 4.69) is 41.5 Å². The van der Waals surface area contributed by atoms with Crippen LogP contribution in [0.5, 0.6) is 0 Å². The quantitative estimate of drug-likeness (QED) is 0.738. The minimum atomic E-state index is -0.278. The Morgan fingerprint density at radius 3 is 2.58 bits per heavy atom. The molecule has 0 aliphatic heterocycles. The van der Waals surface area contributed by atoms with Crippen LogP contribution < -0.4 is 5.32 Å². The van der Waals surface area contributed by atoms with Crippen LogP contribution in [0.25, 0.3) is 0 Å². The van der Waals surface area contributed by atoms with Crippen LogP contribution in [0.4, 0.5) is 5.82 Å².